The van der Waals surface area contributed by atoms with Crippen LogP contribution in [0.4, 0.5) is 10.1 Å². The zero-order valence-corrected chi connectivity index (χ0v) is 14.6. The van der Waals surface area contributed by atoms with Gasteiger partial charge in [-0.25, -0.2) is 9.18 Å². The molecule has 0 spiro atoms. The number of benzene rings is 1. The van der Waals surface area contributed by atoms with E-state index in [1.54, 1.807) is 18.3 Å². The average Bonchev–Trinajstić information content (AvgIpc) is 3.16. The fraction of sp³-hybridized carbons (Fsp3) is 0.300. The summed E-state index contributed by atoms with van der Waals surface area (Å²) >= 11 is 0. The van der Waals surface area contributed by atoms with E-state index < -0.39 is 0 Å². The second-order valence-electron chi connectivity index (χ2n) is 6.50. The predicted octanol–water partition coefficient (Wildman–Crippen LogP) is 3.80. The fourth-order valence-electron chi connectivity index (χ4n) is 3.76. The Balaban J connectivity index is 1.55. The van der Waals surface area contributed by atoms with Gasteiger partial charge >= 0.3 is 5.97 Å². The van der Waals surface area contributed by atoms with Gasteiger partial charge in [0.2, 0.25) is 0 Å². The lowest BCUT2D eigenvalue weighted by Gasteiger charge is -2.35. The molecule has 0 amide bonds. The van der Waals surface area contributed by atoms with Crippen LogP contribution in [-0.2, 0) is 4.74 Å². The van der Waals surface area contributed by atoms with E-state index in [1.165, 1.54) is 19.2 Å². The van der Waals surface area contributed by atoms with Gasteiger partial charge in [0.05, 0.1) is 12.6 Å². The van der Waals surface area contributed by atoms with E-state index in [4.69, 9.17) is 4.74 Å². The summed E-state index contributed by atoms with van der Waals surface area (Å²) in [6, 6.07) is 10.7. The van der Waals surface area contributed by atoms with Crippen LogP contribution in [0.1, 0.15) is 29.4 Å². The molecular weight excluding hydrogens is 333 g/mol. The van der Waals surface area contributed by atoms with Gasteiger partial charge in [-0.3, -0.25) is 4.98 Å². The summed E-state index contributed by atoms with van der Waals surface area (Å²) in [4.78, 5) is 18.5. The number of piperidine rings is 1. The van der Waals surface area contributed by atoms with Crippen LogP contribution in [0.3, 0.4) is 0 Å². The van der Waals surface area contributed by atoms with Crippen molar-refractivity contribution >= 4 is 22.6 Å². The Kier molecular flexibility index (Phi) is 4.32. The molecule has 0 radical (unpaired) electrons. The van der Waals surface area contributed by atoms with Gasteiger partial charge in [-0.15, -0.1) is 0 Å². The minimum Gasteiger partial charge on any atom is -0.464 e. The lowest BCUT2D eigenvalue weighted by Crippen LogP contribution is -2.35. The van der Waals surface area contributed by atoms with Gasteiger partial charge in [0.1, 0.15) is 11.5 Å². The number of nitrogens with zero attached hydrogens (tertiary/aromatic N) is 3. The van der Waals surface area contributed by atoms with Gasteiger partial charge in [-0.1, -0.05) is 0 Å². The number of carbonyl (C=O) groups excluding carboxylic acids is 1. The van der Waals surface area contributed by atoms with E-state index in [2.05, 4.69) is 9.88 Å². The van der Waals surface area contributed by atoms with Crippen LogP contribution < -0.4 is 4.90 Å². The van der Waals surface area contributed by atoms with Gasteiger partial charge < -0.3 is 14.2 Å². The summed E-state index contributed by atoms with van der Waals surface area (Å²) in [5, 5.41) is 0.962. The number of rotatable bonds is 3. The number of ether oxygens (including phenoxy) is 1. The molecule has 1 aliphatic heterocycles. The maximum Gasteiger partial charge on any atom is 0.354 e. The smallest absolute Gasteiger partial charge is 0.354 e. The number of methoxy groups -OCH3 is 1. The van der Waals surface area contributed by atoms with Gasteiger partial charge in [0, 0.05) is 48.7 Å². The highest BCUT2D eigenvalue weighted by Crippen LogP contribution is 2.31. The van der Waals surface area contributed by atoms with Crippen LogP contribution >= 0.6 is 0 Å². The highest BCUT2D eigenvalue weighted by Gasteiger charge is 2.24. The van der Waals surface area contributed by atoms with E-state index in [9.17, 15) is 9.18 Å². The molecule has 1 aliphatic rings. The number of hydrogen-bond donors (Lipinski definition) is 0. The molecule has 1 saturated heterocycles. The normalized spacial score (nSPS) is 15.4. The molecule has 0 unspecified atom stereocenters. The molecule has 134 valence electrons. The van der Waals surface area contributed by atoms with Crippen molar-refractivity contribution in [2.45, 2.75) is 18.9 Å². The summed E-state index contributed by atoms with van der Waals surface area (Å²) in [5.41, 5.74) is 2.34. The quantitative estimate of drug-likeness (QED) is 0.672. The maximum absolute atomic E-state index is 13.5. The number of aromatic nitrogens is 2. The number of pyridine rings is 1. The predicted molar refractivity (Wildman–Crippen MR) is 98.0 cm³/mol. The third-order valence-corrected chi connectivity index (χ3v) is 5.05. The first-order valence-corrected chi connectivity index (χ1v) is 8.72. The number of carbonyl (C=O) groups is 1. The minimum absolute atomic E-state index is 0.265. The van der Waals surface area contributed by atoms with E-state index >= 15 is 0 Å². The SMILES string of the molecule is COC(=O)c1cccn1C1CCN(c2ccnc3cc(F)ccc23)CC1. The van der Waals surface area contributed by atoms with Crippen LogP contribution in [0.15, 0.2) is 48.8 Å². The number of fused-ring (bicyclic) bond motifs is 1. The molecule has 0 saturated carbocycles. The molecule has 3 heterocycles. The van der Waals surface area contributed by atoms with Crippen molar-refractivity contribution in [3.63, 3.8) is 0 Å². The molecule has 5 nitrogen and oxygen atoms in total. The second-order valence-corrected chi connectivity index (χ2v) is 6.50. The summed E-state index contributed by atoms with van der Waals surface area (Å²) in [6.07, 6.45) is 5.51. The van der Waals surface area contributed by atoms with Crippen LogP contribution in [0.5, 0.6) is 0 Å². The number of halogens is 1. The standard InChI is InChI=1S/C20H20FN3O2/c1-26-20(25)19-3-2-10-24(19)15-7-11-23(12-8-15)18-6-9-22-17-13-14(21)4-5-16(17)18/h2-6,9-10,13,15H,7-8,11-12H2,1H3. The van der Waals surface area contributed by atoms with Crippen molar-refractivity contribution in [1.29, 1.82) is 0 Å². The Hall–Kier alpha value is -2.89. The topological polar surface area (TPSA) is 47.4 Å². The molecule has 0 atom stereocenters. The molecule has 2 aromatic heterocycles. The molecule has 4 rings (SSSR count). The lowest BCUT2D eigenvalue weighted by molar-refractivity contribution is 0.0585. The summed E-state index contributed by atoms with van der Waals surface area (Å²) in [5.74, 6) is -0.580. The van der Waals surface area contributed by atoms with Crippen molar-refractivity contribution in [3.8, 4) is 0 Å². The molecule has 0 bridgehead atoms. The molecule has 6 heteroatoms. The first-order valence-electron chi connectivity index (χ1n) is 8.72. The van der Waals surface area contributed by atoms with Crippen LogP contribution in [-0.4, -0.2) is 35.7 Å². The molecule has 0 N–H and O–H groups in total. The van der Waals surface area contributed by atoms with E-state index in [1.807, 2.05) is 22.9 Å². The Morgan fingerprint density at radius 2 is 2.04 bits per heavy atom. The van der Waals surface area contributed by atoms with Crippen molar-refractivity contribution < 1.29 is 13.9 Å². The Morgan fingerprint density at radius 3 is 2.81 bits per heavy atom. The number of anilines is 1. The molecular formula is C20H20FN3O2. The van der Waals surface area contributed by atoms with Crippen LogP contribution in [0.25, 0.3) is 10.9 Å². The van der Waals surface area contributed by atoms with Crippen molar-refractivity contribution in [2.24, 2.45) is 0 Å². The van der Waals surface area contributed by atoms with Gasteiger partial charge in [0.25, 0.3) is 0 Å². The average molecular weight is 353 g/mol. The van der Waals surface area contributed by atoms with Crippen molar-refractivity contribution in [2.75, 3.05) is 25.1 Å². The third-order valence-electron chi connectivity index (χ3n) is 5.05. The molecule has 0 aliphatic carbocycles. The van der Waals surface area contributed by atoms with Crippen LogP contribution in [0.2, 0.25) is 0 Å². The minimum atomic E-state index is -0.306. The fourth-order valence-corrected chi connectivity index (χ4v) is 3.76. The summed E-state index contributed by atoms with van der Waals surface area (Å²) in [6.45, 7) is 1.72. The molecule has 26 heavy (non-hydrogen) atoms. The van der Waals surface area contributed by atoms with Gasteiger partial charge in [0.15, 0.2) is 0 Å². The van der Waals surface area contributed by atoms with E-state index in [0.717, 1.165) is 37.0 Å². The second kappa shape index (κ2) is 6.78. The van der Waals surface area contributed by atoms with Crippen molar-refractivity contribution in [1.82, 2.24) is 9.55 Å². The molecule has 3 aromatic rings. The summed E-state index contributed by atoms with van der Waals surface area (Å²) < 4.78 is 20.3. The van der Waals surface area contributed by atoms with Crippen LogP contribution in [0, 0.1) is 5.82 Å². The van der Waals surface area contributed by atoms with Gasteiger partial charge in [-0.05, 0) is 43.2 Å². The van der Waals surface area contributed by atoms with Crippen molar-refractivity contribution in [3.05, 3.63) is 60.3 Å². The molecule has 1 aromatic carbocycles. The highest BCUT2D eigenvalue weighted by molar-refractivity contribution is 5.91. The van der Waals surface area contributed by atoms with E-state index in [-0.39, 0.29) is 17.8 Å². The Bertz CT molecular complexity index is 945. The highest BCUT2D eigenvalue weighted by atomic mass is 19.1. The lowest BCUT2D eigenvalue weighted by atomic mass is 10.0. The zero-order valence-electron chi connectivity index (χ0n) is 14.6. The number of hydrogen-bond acceptors (Lipinski definition) is 4. The zero-order chi connectivity index (χ0) is 18.1. The maximum atomic E-state index is 13.5. The largest absolute Gasteiger partial charge is 0.464 e. The van der Waals surface area contributed by atoms with E-state index in [0.29, 0.717) is 11.2 Å². The Morgan fingerprint density at radius 1 is 1.23 bits per heavy atom. The first kappa shape index (κ1) is 16.6. The van der Waals surface area contributed by atoms with Gasteiger partial charge in [-0.2, -0.15) is 0 Å². The Labute approximate surface area is 151 Å². The monoisotopic (exact) mass is 353 g/mol. The molecule has 1 fully saturated rings. The summed E-state index contributed by atoms with van der Waals surface area (Å²) in [7, 11) is 1.40. The number of esters is 1. The first-order chi connectivity index (χ1) is 12.7. The third kappa shape index (κ3) is 2.92.